The van der Waals surface area contributed by atoms with Gasteiger partial charge in [0.15, 0.2) is 0 Å². The van der Waals surface area contributed by atoms with Gasteiger partial charge in [-0.05, 0) is 30.6 Å². The van der Waals surface area contributed by atoms with Crippen LogP contribution in [0.2, 0.25) is 0 Å². The van der Waals surface area contributed by atoms with Crippen molar-refractivity contribution in [3.05, 3.63) is 69.2 Å². The number of halogens is 1. The standard InChI is InChI=1S/C17H16BrNO/c1-12-7-8-15(18)9-14-11-19(17(20)16(12)14)10-13-5-3-2-4-6-13/h2-6,8-9H,7,10-11H2,1H3. The molecule has 0 spiro atoms. The Labute approximate surface area is 127 Å². The van der Waals surface area contributed by atoms with Gasteiger partial charge in [-0.2, -0.15) is 0 Å². The van der Waals surface area contributed by atoms with E-state index in [9.17, 15) is 4.79 Å². The van der Waals surface area contributed by atoms with E-state index in [1.54, 1.807) is 0 Å². The van der Waals surface area contributed by atoms with Crippen LogP contribution in [-0.2, 0) is 11.3 Å². The topological polar surface area (TPSA) is 20.3 Å². The van der Waals surface area contributed by atoms with Gasteiger partial charge in [0.25, 0.3) is 5.91 Å². The fraction of sp³-hybridized carbons (Fsp3) is 0.235. The molecule has 1 amide bonds. The van der Waals surface area contributed by atoms with Crippen molar-refractivity contribution in [3.8, 4) is 0 Å². The van der Waals surface area contributed by atoms with Crippen LogP contribution in [0.1, 0.15) is 18.9 Å². The molecular weight excluding hydrogens is 314 g/mol. The van der Waals surface area contributed by atoms with Crippen LogP contribution in [0, 0.1) is 0 Å². The minimum Gasteiger partial charge on any atom is -0.330 e. The number of amides is 1. The second-order valence-corrected chi connectivity index (χ2v) is 6.18. The van der Waals surface area contributed by atoms with E-state index in [1.807, 2.05) is 23.1 Å². The monoisotopic (exact) mass is 329 g/mol. The smallest absolute Gasteiger partial charge is 0.254 e. The Morgan fingerprint density at radius 3 is 2.75 bits per heavy atom. The average molecular weight is 330 g/mol. The molecule has 1 saturated heterocycles. The van der Waals surface area contributed by atoms with Crippen molar-refractivity contribution in [2.45, 2.75) is 19.9 Å². The maximum absolute atomic E-state index is 12.6. The van der Waals surface area contributed by atoms with Gasteiger partial charge in [-0.3, -0.25) is 4.79 Å². The van der Waals surface area contributed by atoms with Crippen LogP contribution in [0.25, 0.3) is 0 Å². The highest BCUT2D eigenvalue weighted by molar-refractivity contribution is 9.11. The molecule has 0 radical (unpaired) electrons. The number of likely N-dealkylation sites (tertiary alicyclic amines) is 1. The summed E-state index contributed by atoms with van der Waals surface area (Å²) in [6, 6.07) is 10.1. The zero-order valence-corrected chi connectivity index (χ0v) is 13.0. The molecule has 1 heterocycles. The summed E-state index contributed by atoms with van der Waals surface area (Å²) in [7, 11) is 0. The number of fused-ring (bicyclic) bond motifs is 1. The van der Waals surface area contributed by atoms with Crippen molar-refractivity contribution in [1.29, 1.82) is 0 Å². The molecular formula is C17H16BrNO. The SMILES string of the molecule is CC1=C2C(=O)N(Cc3ccccc3)CC2=CC(Br)=CC1. The molecule has 2 nitrogen and oxygen atoms in total. The zero-order chi connectivity index (χ0) is 14.1. The van der Waals surface area contributed by atoms with E-state index < -0.39 is 0 Å². The van der Waals surface area contributed by atoms with E-state index in [1.165, 1.54) is 5.56 Å². The third-order valence-electron chi connectivity index (χ3n) is 3.74. The number of rotatable bonds is 2. The molecule has 0 N–H and O–H groups in total. The number of carbonyl (C=O) groups excluding carboxylic acids is 1. The van der Waals surface area contributed by atoms with Gasteiger partial charge < -0.3 is 4.90 Å². The highest BCUT2D eigenvalue weighted by Crippen LogP contribution is 2.33. The van der Waals surface area contributed by atoms with Crippen LogP contribution < -0.4 is 0 Å². The molecule has 1 fully saturated rings. The van der Waals surface area contributed by atoms with Crippen LogP contribution in [0.5, 0.6) is 0 Å². The van der Waals surface area contributed by atoms with Crippen LogP contribution in [0.4, 0.5) is 0 Å². The second-order valence-electron chi connectivity index (χ2n) is 5.26. The van der Waals surface area contributed by atoms with Gasteiger partial charge in [0, 0.05) is 23.1 Å². The summed E-state index contributed by atoms with van der Waals surface area (Å²) in [4.78, 5) is 14.5. The van der Waals surface area contributed by atoms with E-state index in [0.29, 0.717) is 13.1 Å². The molecule has 0 bridgehead atoms. The van der Waals surface area contributed by atoms with Crippen molar-refractivity contribution < 1.29 is 4.79 Å². The Morgan fingerprint density at radius 1 is 1.25 bits per heavy atom. The van der Waals surface area contributed by atoms with Crippen molar-refractivity contribution in [3.63, 3.8) is 0 Å². The Kier molecular flexibility index (Phi) is 3.62. The van der Waals surface area contributed by atoms with Crippen LogP contribution >= 0.6 is 15.9 Å². The number of nitrogens with zero attached hydrogens (tertiary/aromatic N) is 1. The predicted molar refractivity (Wildman–Crippen MR) is 84.3 cm³/mol. The lowest BCUT2D eigenvalue weighted by Gasteiger charge is -2.15. The van der Waals surface area contributed by atoms with Gasteiger partial charge in [0.05, 0.1) is 0 Å². The lowest BCUT2D eigenvalue weighted by molar-refractivity contribution is -0.125. The quantitative estimate of drug-likeness (QED) is 0.804. The van der Waals surface area contributed by atoms with Gasteiger partial charge in [-0.25, -0.2) is 0 Å². The highest BCUT2D eigenvalue weighted by Gasteiger charge is 2.32. The lowest BCUT2D eigenvalue weighted by Crippen LogP contribution is -2.24. The normalized spacial score (nSPS) is 18.7. The molecule has 1 aliphatic carbocycles. The Balaban J connectivity index is 1.90. The molecule has 0 aromatic heterocycles. The van der Waals surface area contributed by atoms with Crippen molar-refractivity contribution in [1.82, 2.24) is 4.90 Å². The minimum atomic E-state index is 0.160. The molecule has 3 heteroatoms. The minimum absolute atomic E-state index is 0.160. The molecule has 1 aromatic rings. The van der Waals surface area contributed by atoms with Crippen molar-refractivity contribution >= 4 is 21.8 Å². The largest absolute Gasteiger partial charge is 0.330 e. The van der Waals surface area contributed by atoms with Gasteiger partial charge in [-0.15, -0.1) is 0 Å². The van der Waals surface area contributed by atoms with Crippen molar-refractivity contribution in [2.24, 2.45) is 0 Å². The van der Waals surface area contributed by atoms with Gasteiger partial charge in [0.2, 0.25) is 0 Å². The van der Waals surface area contributed by atoms with Crippen molar-refractivity contribution in [2.75, 3.05) is 6.54 Å². The Morgan fingerprint density at radius 2 is 2.00 bits per heavy atom. The summed E-state index contributed by atoms with van der Waals surface area (Å²) >= 11 is 3.54. The number of carbonyl (C=O) groups is 1. The predicted octanol–water partition coefficient (Wildman–Crippen LogP) is 3.95. The molecule has 0 atom stereocenters. The van der Waals surface area contributed by atoms with Crippen LogP contribution in [0.3, 0.4) is 0 Å². The molecule has 1 aromatic carbocycles. The number of hydrogen-bond acceptors (Lipinski definition) is 1. The Hall–Kier alpha value is -1.61. The van der Waals surface area contributed by atoms with E-state index >= 15 is 0 Å². The van der Waals surface area contributed by atoms with E-state index in [4.69, 9.17) is 0 Å². The summed E-state index contributed by atoms with van der Waals surface area (Å²) < 4.78 is 1.07. The first kappa shape index (κ1) is 13.4. The average Bonchev–Trinajstić information content (AvgIpc) is 2.65. The van der Waals surface area contributed by atoms with Crippen LogP contribution in [-0.4, -0.2) is 17.4 Å². The van der Waals surface area contributed by atoms with E-state index in [0.717, 1.165) is 27.6 Å². The molecule has 102 valence electrons. The Bertz CT molecular complexity index is 640. The first-order chi connectivity index (χ1) is 9.65. The fourth-order valence-corrected chi connectivity index (χ4v) is 3.17. The lowest BCUT2D eigenvalue weighted by atomic mass is 10.0. The highest BCUT2D eigenvalue weighted by atomic mass is 79.9. The molecule has 0 saturated carbocycles. The van der Waals surface area contributed by atoms with E-state index in [-0.39, 0.29) is 5.91 Å². The number of benzene rings is 1. The zero-order valence-electron chi connectivity index (χ0n) is 11.4. The summed E-state index contributed by atoms with van der Waals surface area (Å²) in [5.74, 6) is 0.160. The fourth-order valence-electron chi connectivity index (χ4n) is 2.74. The van der Waals surface area contributed by atoms with Gasteiger partial charge >= 0.3 is 0 Å². The first-order valence-electron chi connectivity index (χ1n) is 6.74. The maximum atomic E-state index is 12.6. The second kappa shape index (κ2) is 5.41. The molecule has 0 unspecified atom stereocenters. The number of allylic oxidation sites excluding steroid dienone is 4. The summed E-state index contributed by atoms with van der Waals surface area (Å²) in [5.41, 5.74) is 4.37. The van der Waals surface area contributed by atoms with Gasteiger partial charge in [-0.1, -0.05) is 57.9 Å². The summed E-state index contributed by atoms with van der Waals surface area (Å²) in [6.45, 7) is 3.42. The van der Waals surface area contributed by atoms with Crippen LogP contribution in [0.15, 0.2) is 63.7 Å². The molecule has 1 aliphatic heterocycles. The van der Waals surface area contributed by atoms with Gasteiger partial charge in [0.1, 0.15) is 0 Å². The molecule has 2 aliphatic rings. The maximum Gasteiger partial charge on any atom is 0.254 e. The van der Waals surface area contributed by atoms with E-state index in [2.05, 4.69) is 47.1 Å². The summed E-state index contributed by atoms with van der Waals surface area (Å²) in [6.07, 6.45) is 5.03. The molecule has 3 rings (SSSR count). The third kappa shape index (κ3) is 2.50. The number of hydrogen-bond donors (Lipinski definition) is 0. The first-order valence-corrected chi connectivity index (χ1v) is 7.54. The third-order valence-corrected chi connectivity index (χ3v) is 4.29. The molecule has 20 heavy (non-hydrogen) atoms. The summed E-state index contributed by atoms with van der Waals surface area (Å²) in [5, 5.41) is 0.